The molecule has 1 aliphatic rings. The van der Waals surface area contributed by atoms with Crippen LogP contribution in [0.1, 0.15) is 38.5 Å². The van der Waals surface area contributed by atoms with Gasteiger partial charge in [0.05, 0.1) is 0 Å². The molecule has 0 bridgehead atoms. The summed E-state index contributed by atoms with van der Waals surface area (Å²) in [5.74, 6) is 0.598. The van der Waals surface area contributed by atoms with Gasteiger partial charge in [-0.3, -0.25) is 9.59 Å². The summed E-state index contributed by atoms with van der Waals surface area (Å²) < 4.78 is 0. The molecule has 3 amide bonds. The predicted molar refractivity (Wildman–Crippen MR) is 87.0 cm³/mol. The first-order valence-corrected chi connectivity index (χ1v) is 8.24. The standard InChI is InChI=1S/C16H29N3O4/c1-17-14(20)9-11-18(2)15(21)13-6-4-12(5-7-13)8-10-19(3)16(22)23/h12-13H,4-11H2,1-3H3,(H,17,20)(H,22,23). The van der Waals surface area contributed by atoms with Gasteiger partial charge in [0.25, 0.3) is 0 Å². The second-order valence-corrected chi connectivity index (χ2v) is 6.39. The van der Waals surface area contributed by atoms with E-state index in [4.69, 9.17) is 5.11 Å². The van der Waals surface area contributed by atoms with Crippen LogP contribution < -0.4 is 5.32 Å². The number of carbonyl (C=O) groups excluding carboxylic acids is 2. The highest BCUT2D eigenvalue weighted by Gasteiger charge is 2.28. The van der Waals surface area contributed by atoms with Crippen molar-refractivity contribution in [2.45, 2.75) is 38.5 Å². The van der Waals surface area contributed by atoms with Crippen LogP contribution in [-0.2, 0) is 9.59 Å². The van der Waals surface area contributed by atoms with Crippen LogP contribution >= 0.6 is 0 Å². The third-order valence-corrected chi connectivity index (χ3v) is 4.72. The minimum absolute atomic E-state index is 0.0399. The molecule has 23 heavy (non-hydrogen) atoms. The number of hydrogen-bond acceptors (Lipinski definition) is 3. The van der Waals surface area contributed by atoms with E-state index in [0.717, 1.165) is 32.1 Å². The maximum atomic E-state index is 12.4. The molecule has 0 saturated heterocycles. The van der Waals surface area contributed by atoms with Gasteiger partial charge >= 0.3 is 6.09 Å². The second kappa shape index (κ2) is 9.37. The molecule has 0 atom stereocenters. The molecule has 0 unspecified atom stereocenters. The van der Waals surface area contributed by atoms with Gasteiger partial charge in [-0.25, -0.2) is 4.79 Å². The highest BCUT2D eigenvalue weighted by Crippen LogP contribution is 2.31. The number of carboxylic acid groups (broad SMARTS) is 1. The first-order valence-electron chi connectivity index (χ1n) is 8.24. The Morgan fingerprint density at radius 3 is 2.17 bits per heavy atom. The average Bonchev–Trinajstić information content (AvgIpc) is 2.56. The van der Waals surface area contributed by atoms with Crippen LogP contribution in [-0.4, -0.2) is 67.0 Å². The van der Waals surface area contributed by atoms with Gasteiger partial charge in [0, 0.05) is 46.6 Å². The van der Waals surface area contributed by atoms with E-state index in [-0.39, 0.29) is 17.7 Å². The lowest BCUT2D eigenvalue weighted by atomic mass is 9.80. The number of hydrogen-bond donors (Lipinski definition) is 2. The lowest BCUT2D eigenvalue weighted by molar-refractivity contribution is -0.136. The van der Waals surface area contributed by atoms with Gasteiger partial charge in [-0.05, 0) is 38.0 Å². The van der Waals surface area contributed by atoms with Gasteiger partial charge in [0.2, 0.25) is 11.8 Å². The topological polar surface area (TPSA) is 90.0 Å². The van der Waals surface area contributed by atoms with E-state index in [1.165, 1.54) is 4.90 Å². The van der Waals surface area contributed by atoms with E-state index < -0.39 is 6.09 Å². The number of nitrogens with one attached hydrogen (secondary N) is 1. The fraction of sp³-hybridized carbons (Fsp3) is 0.812. The van der Waals surface area contributed by atoms with Crippen LogP contribution in [0.2, 0.25) is 0 Å². The van der Waals surface area contributed by atoms with Crippen molar-refractivity contribution in [2.75, 3.05) is 34.2 Å². The Labute approximate surface area is 138 Å². The third kappa shape index (κ3) is 6.46. The SMILES string of the molecule is CNC(=O)CCN(C)C(=O)C1CCC(CCN(C)C(=O)O)CC1. The summed E-state index contributed by atoms with van der Waals surface area (Å²) in [6.07, 6.45) is 3.92. The van der Waals surface area contributed by atoms with E-state index >= 15 is 0 Å². The van der Waals surface area contributed by atoms with Crippen molar-refractivity contribution in [3.05, 3.63) is 0 Å². The summed E-state index contributed by atoms with van der Waals surface area (Å²) >= 11 is 0. The van der Waals surface area contributed by atoms with Crippen LogP contribution in [0.3, 0.4) is 0 Å². The van der Waals surface area contributed by atoms with Crippen molar-refractivity contribution in [3.63, 3.8) is 0 Å². The van der Waals surface area contributed by atoms with Crippen LogP contribution in [0.15, 0.2) is 0 Å². The molecule has 0 aliphatic heterocycles. The van der Waals surface area contributed by atoms with Gasteiger partial charge in [-0.1, -0.05) is 0 Å². The molecular formula is C16H29N3O4. The number of nitrogens with zero attached hydrogens (tertiary/aromatic N) is 2. The normalized spacial score (nSPS) is 20.7. The Kier molecular flexibility index (Phi) is 7.85. The smallest absolute Gasteiger partial charge is 0.407 e. The maximum absolute atomic E-state index is 12.4. The van der Waals surface area contributed by atoms with Gasteiger partial charge in [0.1, 0.15) is 0 Å². The van der Waals surface area contributed by atoms with Crippen LogP contribution in [0.5, 0.6) is 0 Å². The second-order valence-electron chi connectivity index (χ2n) is 6.39. The van der Waals surface area contributed by atoms with Gasteiger partial charge < -0.3 is 20.2 Å². The van der Waals surface area contributed by atoms with E-state index in [1.54, 1.807) is 26.0 Å². The van der Waals surface area contributed by atoms with E-state index in [0.29, 0.717) is 25.4 Å². The molecule has 132 valence electrons. The van der Waals surface area contributed by atoms with Gasteiger partial charge in [0.15, 0.2) is 0 Å². The molecule has 7 heteroatoms. The van der Waals surface area contributed by atoms with E-state index in [9.17, 15) is 14.4 Å². The van der Waals surface area contributed by atoms with Gasteiger partial charge in [-0.2, -0.15) is 0 Å². The summed E-state index contributed by atoms with van der Waals surface area (Å²) in [5.41, 5.74) is 0. The zero-order chi connectivity index (χ0) is 17.4. The monoisotopic (exact) mass is 327 g/mol. The molecular weight excluding hydrogens is 298 g/mol. The van der Waals surface area contributed by atoms with Crippen molar-refractivity contribution >= 4 is 17.9 Å². The van der Waals surface area contributed by atoms with Crippen molar-refractivity contribution in [1.82, 2.24) is 15.1 Å². The predicted octanol–water partition coefficient (Wildman–Crippen LogP) is 1.39. The third-order valence-electron chi connectivity index (χ3n) is 4.72. The highest BCUT2D eigenvalue weighted by molar-refractivity contribution is 5.80. The van der Waals surface area contributed by atoms with Crippen molar-refractivity contribution in [3.8, 4) is 0 Å². The van der Waals surface area contributed by atoms with Crippen molar-refractivity contribution in [2.24, 2.45) is 11.8 Å². The minimum atomic E-state index is -0.897. The Morgan fingerprint density at radius 1 is 1.04 bits per heavy atom. The molecule has 0 aromatic carbocycles. The molecule has 1 saturated carbocycles. The Hall–Kier alpha value is -1.79. The molecule has 0 aromatic heterocycles. The Balaban J connectivity index is 2.30. The molecule has 0 radical (unpaired) electrons. The Bertz CT molecular complexity index is 420. The molecule has 7 nitrogen and oxygen atoms in total. The van der Waals surface area contributed by atoms with Crippen LogP contribution in [0.4, 0.5) is 4.79 Å². The molecule has 1 rings (SSSR count). The van der Waals surface area contributed by atoms with E-state index in [2.05, 4.69) is 5.32 Å². The highest BCUT2D eigenvalue weighted by atomic mass is 16.4. The summed E-state index contributed by atoms with van der Waals surface area (Å²) in [6, 6.07) is 0. The van der Waals surface area contributed by atoms with Crippen molar-refractivity contribution in [1.29, 1.82) is 0 Å². The summed E-state index contributed by atoms with van der Waals surface area (Å²) in [4.78, 5) is 37.3. The number of amides is 3. The Morgan fingerprint density at radius 2 is 1.65 bits per heavy atom. The number of carbonyl (C=O) groups is 3. The summed E-state index contributed by atoms with van der Waals surface area (Å²) in [7, 11) is 4.92. The van der Waals surface area contributed by atoms with E-state index in [1.807, 2.05) is 0 Å². The molecule has 1 aliphatic carbocycles. The largest absolute Gasteiger partial charge is 0.465 e. The molecule has 2 N–H and O–H groups in total. The fourth-order valence-electron chi connectivity index (χ4n) is 2.99. The molecule has 0 aromatic rings. The lowest BCUT2D eigenvalue weighted by Crippen LogP contribution is -2.37. The fourth-order valence-corrected chi connectivity index (χ4v) is 2.99. The van der Waals surface area contributed by atoms with Crippen LogP contribution in [0, 0.1) is 11.8 Å². The minimum Gasteiger partial charge on any atom is -0.465 e. The van der Waals surface area contributed by atoms with Crippen LogP contribution in [0.25, 0.3) is 0 Å². The number of rotatable bonds is 7. The maximum Gasteiger partial charge on any atom is 0.407 e. The summed E-state index contributed by atoms with van der Waals surface area (Å²) in [6.45, 7) is 0.993. The van der Waals surface area contributed by atoms with Gasteiger partial charge in [-0.15, -0.1) is 0 Å². The quantitative estimate of drug-likeness (QED) is 0.739. The average molecular weight is 327 g/mol. The molecule has 0 spiro atoms. The zero-order valence-electron chi connectivity index (χ0n) is 14.4. The summed E-state index contributed by atoms with van der Waals surface area (Å²) in [5, 5.41) is 11.4. The first-order chi connectivity index (χ1) is 10.8. The molecule has 1 fully saturated rings. The lowest BCUT2D eigenvalue weighted by Gasteiger charge is -2.31. The first kappa shape index (κ1) is 19.3. The van der Waals surface area contributed by atoms with Crippen molar-refractivity contribution < 1.29 is 19.5 Å². The molecule has 0 heterocycles. The zero-order valence-corrected chi connectivity index (χ0v) is 14.4.